The Labute approximate surface area is 187 Å². The van der Waals surface area contributed by atoms with Crippen LogP contribution >= 0.6 is 0 Å². The van der Waals surface area contributed by atoms with Gasteiger partial charge in [-0.25, -0.2) is 0 Å². The van der Waals surface area contributed by atoms with E-state index in [-0.39, 0.29) is 41.6 Å². The summed E-state index contributed by atoms with van der Waals surface area (Å²) in [6.07, 6.45) is 1.63. The van der Waals surface area contributed by atoms with E-state index in [1.165, 1.54) is 0 Å². The highest BCUT2D eigenvalue weighted by atomic mass is 16.5. The quantitative estimate of drug-likeness (QED) is 0.464. The van der Waals surface area contributed by atoms with Gasteiger partial charge in [0.05, 0.1) is 6.42 Å². The van der Waals surface area contributed by atoms with Crippen molar-refractivity contribution in [2.45, 2.75) is 33.0 Å². The Bertz CT molecular complexity index is 1120. The van der Waals surface area contributed by atoms with Gasteiger partial charge in [-0.3, -0.25) is 4.79 Å². The first-order valence-electron chi connectivity index (χ1n) is 10.6. The van der Waals surface area contributed by atoms with E-state index in [0.29, 0.717) is 12.4 Å². The SMILES string of the molecule is C/C=C(\C)COc1cc(OCc2ccccc2)c(O)c2c1OC(c1ccccc1)CC2=O. The van der Waals surface area contributed by atoms with Crippen LogP contribution in [-0.4, -0.2) is 17.5 Å². The molecule has 0 bridgehead atoms. The van der Waals surface area contributed by atoms with Gasteiger partial charge < -0.3 is 19.3 Å². The van der Waals surface area contributed by atoms with Crippen molar-refractivity contribution in [3.63, 3.8) is 0 Å². The first-order valence-corrected chi connectivity index (χ1v) is 10.6. The third kappa shape index (κ3) is 4.62. The molecule has 1 aliphatic heterocycles. The van der Waals surface area contributed by atoms with Gasteiger partial charge in [-0.15, -0.1) is 0 Å². The van der Waals surface area contributed by atoms with Crippen molar-refractivity contribution >= 4 is 5.78 Å². The fourth-order valence-electron chi connectivity index (χ4n) is 3.52. The van der Waals surface area contributed by atoms with Crippen molar-refractivity contribution in [1.82, 2.24) is 0 Å². The number of phenolic OH excluding ortho intramolecular Hbond substituents is 1. The third-order valence-corrected chi connectivity index (χ3v) is 5.45. The van der Waals surface area contributed by atoms with Crippen LogP contribution < -0.4 is 14.2 Å². The van der Waals surface area contributed by atoms with Gasteiger partial charge >= 0.3 is 0 Å². The van der Waals surface area contributed by atoms with Gasteiger partial charge in [-0.1, -0.05) is 66.7 Å². The largest absolute Gasteiger partial charge is 0.504 e. The monoisotopic (exact) mass is 430 g/mol. The summed E-state index contributed by atoms with van der Waals surface area (Å²) in [5.74, 6) is 0.383. The highest BCUT2D eigenvalue weighted by Crippen LogP contribution is 2.49. The van der Waals surface area contributed by atoms with Crippen LogP contribution in [0.3, 0.4) is 0 Å². The zero-order valence-electron chi connectivity index (χ0n) is 18.2. The second kappa shape index (κ2) is 9.60. The number of hydrogen-bond donors (Lipinski definition) is 1. The number of fused-ring (bicyclic) bond motifs is 1. The molecular weight excluding hydrogens is 404 g/mol. The van der Waals surface area contributed by atoms with E-state index in [0.717, 1.165) is 16.7 Å². The average molecular weight is 431 g/mol. The van der Waals surface area contributed by atoms with Crippen LogP contribution in [0, 0.1) is 0 Å². The number of hydrogen-bond acceptors (Lipinski definition) is 5. The minimum Gasteiger partial charge on any atom is -0.504 e. The van der Waals surface area contributed by atoms with E-state index in [1.807, 2.05) is 80.6 Å². The molecule has 5 nitrogen and oxygen atoms in total. The molecule has 4 rings (SSSR count). The fourth-order valence-corrected chi connectivity index (χ4v) is 3.52. The molecule has 1 atom stereocenters. The number of rotatable bonds is 7. The second-order valence-corrected chi connectivity index (χ2v) is 7.77. The van der Waals surface area contributed by atoms with Gasteiger partial charge in [0.1, 0.15) is 24.9 Å². The molecule has 1 aliphatic rings. The lowest BCUT2D eigenvalue weighted by atomic mass is 9.95. The Morgan fingerprint density at radius 2 is 1.75 bits per heavy atom. The van der Waals surface area contributed by atoms with E-state index < -0.39 is 6.10 Å². The van der Waals surface area contributed by atoms with Gasteiger partial charge in [-0.2, -0.15) is 0 Å². The van der Waals surface area contributed by atoms with E-state index in [2.05, 4.69) is 0 Å². The Kier molecular flexibility index (Phi) is 6.45. The van der Waals surface area contributed by atoms with Crippen LogP contribution in [0.2, 0.25) is 0 Å². The molecule has 1 heterocycles. The molecule has 1 N–H and O–H groups in total. The zero-order chi connectivity index (χ0) is 22.5. The Morgan fingerprint density at radius 1 is 1.06 bits per heavy atom. The lowest BCUT2D eigenvalue weighted by Crippen LogP contribution is -2.21. The molecule has 0 saturated carbocycles. The number of Topliss-reactive ketones (excluding diaryl/α,β-unsaturated/α-hetero) is 1. The van der Waals surface area contributed by atoms with Gasteiger partial charge in [0.25, 0.3) is 0 Å². The number of ketones is 1. The van der Waals surface area contributed by atoms with Crippen molar-refractivity contribution < 1.29 is 24.1 Å². The maximum Gasteiger partial charge on any atom is 0.176 e. The van der Waals surface area contributed by atoms with E-state index >= 15 is 0 Å². The summed E-state index contributed by atoms with van der Waals surface area (Å²) >= 11 is 0. The lowest BCUT2D eigenvalue weighted by Gasteiger charge is -2.28. The molecule has 0 aromatic heterocycles. The number of carbonyl (C=O) groups is 1. The molecule has 0 saturated heterocycles. The first kappa shape index (κ1) is 21.5. The third-order valence-electron chi connectivity index (χ3n) is 5.45. The first-order chi connectivity index (χ1) is 15.6. The van der Waals surface area contributed by atoms with Crippen molar-refractivity contribution in [3.05, 3.63) is 95.1 Å². The number of phenols is 1. The summed E-state index contributed by atoms with van der Waals surface area (Å²) < 4.78 is 18.1. The number of benzene rings is 3. The number of aromatic hydroxyl groups is 1. The molecule has 5 heteroatoms. The fraction of sp³-hybridized carbons (Fsp3) is 0.222. The standard InChI is InChI=1S/C27H26O5/c1-3-18(2)16-30-24-15-23(31-17-19-10-6-4-7-11-19)26(29)25-21(28)14-22(32-27(24)25)20-12-8-5-9-13-20/h3-13,15,22,29H,14,16-17H2,1-2H3/b18-3+. The Hall–Kier alpha value is -3.73. The van der Waals surface area contributed by atoms with Crippen LogP contribution in [-0.2, 0) is 6.61 Å². The summed E-state index contributed by atoms with van der Waals surface area (Å²) in [5.41, 5.74) is 2.98. The molecule has 32 heavy (non-hydrogen) atoms. The van der Waals surface area contributed by atoms with E-state index in [1.54, 1.807) is 6.07 Å². The zero-order valence-corrected chi connectivity index (χ0v) is 18.2. The summed E-state index contributed by atoms with van der Waals surface area (Å²) in [5, 5.41) is 10.9. The summed E-state index contributed by atoms with van der Waals surface area (Å²) in [4.78, 5) is 13.1. The summed E-state index contributed by atoms with van der Waals surface area (Å²) in [6.45, 7) is 4.48. The molecule has 0 amide bonds. The van der Waals surface area contributed by atoms with E-state index in [9.17, 15) is 9.90 Å². The molecular formula is C27H26O5. The van der Waals surface area contributed by atoms with Crippen molar-refractivity contribution in [1.29, 1.82) is 0 Å². The predicted molar refractivity (Wildman–Crippen MR) is 123 cm³/mol. The highest BCUT2D eigenvalue weighted by Gasteiger charge is 2.35. The van der Waals surface area contributed by atoms with Crippen LogP contribution in [0.4, 0.5) is 0 Å². The van der Waals surface area contributed by atoms with E-state index in [4.69, 9.17) is 14.2 Å². The summed E-state index contributed by atoms with van der Waals surface area (Å²) in [6, 6.07) is 20.8. The van der Waals surface area contributed by atoms with Crippen LogP contribution in [0.5, 0.6) is 23.0 Å². The van der Waals surface area contributed by atoms with Crippen molar-refractivity contribution in [2.75, 3.05) is 6.61 Å². The predicted octanol–water partition coefficient (Wildman–Crippen LogP) is 6.02. The topological polar surface area (TPSA) is 65.0 Å². The minimum atomic E-state index is -0.447. The summed E-state index contributed by atoms with van der Waals surface area (Å²) in [7, 11) is 0. The maximum atomic E-state index is 13.1. The Balaban J connectivity index is 1.70. The number of carbonyl (C=O) groups excluding carboxylic acids is 1. The lowest BCUT2D eigenvalue weighted by molar-refractivity contribution is 0.0833. The molecule has 0 fully saturated rings. The van der Waals surface area contributed by atoms with Crippen LogP contribution in [0.15, 0.2) is 78.4 Å². The highest BCUT2D eigenvalue weighted by molar-refractivity contribution is 6.04. The smallest absolute Gasteiger partial charge is 0.176 e. The molecule has 0 aliphatic carbocycles. The molecule has 3 aromatic rings. The van der Waals surface area contributed by atoms with Gasteiger partial charge in [0.15, 0.2) is 28.8 Å². The van der Waals surface area contributed by atoms with Gasteiger partial charge in [0.2, 0.25) is 0 Å². The Morgan fingerprint density at radius 3 is 2.44 bits per heavy atom. The molecule has 0 spiro atoms. The van der Waals surface area contributed by atoms with Gasteiger partial charge in [-0.05, 0) is 30.5 Å². The normalized spacial score (nSPS) is 15.6. The van der Waals surface area contributed by atoms with Crippen molar-refractivity contribution in [3.8, 4) is 23.0 Å². The molecule has 164 valence electrons. The molecule has 1 unspecified atom stereocenters. The molecule has 3 aromatic carbocycles. The van der Waals surface area contributed by atoms with Gasteiger partial charge in [0, 0.05) is 6.07 Å². The number of ether oxygens (including phenoxy) is 3. The second-order valence-electron chi connectivity index (χ2n) is 7.77. The van der Waals surface area contributed by atoms with Crippen LogP contribution in [0.1, 0.15) is 47.9 Å². The van der Waals surface area contributed by atoms with Crippen LogP contribution in [0.25, 0.3) is 0 Å². The maximum absolute atomic E-state index is 13.1. The molecule has 0 radical (unpaired) electrons. The minimum absolute atomic E-state index is 0.107. The number of allylic oxidation sites excluding steroid dienone is 1. The van der Waals surface area contributed by atoms with Crippen molar-refractivity contribution in [2.24, 2.45) is 0 Å². The average Bonchev–Trinajstić information content (AvgIpc) is 2.83.